The van der Waals surface area contributed by atoms with Crippen LogP contribution in [0.1, 0.15) is 29.9 Å². The molecule has 0 aliphatic rings. The molecule has 108 valence electrons. The smallest absolute Gasteiger partial charge is 0.241 e. The number of sulfonamides is 1. The van der Waals surface area contributed by atoms with E-state index in [0.29, 0.717) is 12.1 Å². The van der Waals surface area contributed by atoms with Crippen molar-refractivity contribution >= 4 is 10.0 Å². The first-order valence-corrected chi connectivity index (χ1v) is 7.47. The van der Waals surface area contributed by atoms with Crippen molar-refractivity contribution in [2.75, 3.05) is 0 Å². The van der Waals surface area contributed by atoms with E-state index < -0.39 is 16.1 Å². The minimum atomic E-state index is -3.65. The third-order valence-corrected chi connectivity index (χ3v) is 4.55. The van der Waals surface area contributed by atoms with Gasteiger partial charge in [-0.15, -0.1) is 10.2 Å². The SMILES string of the molecule is Cc1cc(CN)ccc1S(=O)(=O)NC(C)c1nn[nH]n1. The van der Waals surface area contributed by atoms with Gasteiger partial charge in [-0.25, -0.2) is 13.1 Å². The molecule has 1 aromatic heterocycles. The quantitative estimate of drug-likeness (QED) is 0.713. The van der Waals surface area contributed by atoms with Crippen LogP contribution in [0.2, 0.25) is 0 Å². The molecule has 1 aromatic carbocycles. The van der Waals surface area contributed by atoms with E-state index >= 15 is 0 Å². The average Bonchev–Trinajstić information content (AvgIpc) is 2.91. The van der Waals surface area contributed by atoms with Crippen molar-refractivity contribution in [3.05, 3.63) is 35.2 Å². The van der Waals surface area contributed by atoms with Crippen LogP contribution in [0.15, 0.2) is 23.1 Å². The van der Waals surface area contributed by atoms with Crippen LogP contribution < -0.4 is 10.5 Å². The Balaban J connectivity index is 2.27. The van der Waals surface area contributed by atoms with Gasteiger partial charge in [0.05, 0.1) is 10.9 Å². The molecule has 0 aliphatic heterocycles. The second-order valence-corrected chi connectivity index (χ2v) is 6.10. The maximum Gasteiger partial charge on any atom is 0.241 e. The molecule has 0 aliphatic carbocycles. The zero-order valence-electron chi connectivity index (χ0n) is 11.2. The van der Waals surface area contributed by atoms with Crippen molar-refractivity contribution in [3.8, 4) is 0 Å². The highest BCUT2D eigenvalue weighted by atomic mass is 32.2. The molecular weight excluding hydrogens is 280 g/mol. The number of nitrogens with two attached hydrogens (primary N) is 1. The third-order valence-electron chi connectivity index (χ3n) is 2.85. The molecule has 0 fully saturated rings. The molecule has 0 spiro atoms. The van der Waals surface area contributed by atoms with E-state index in [2.05, 4.69) is 25.3 Å². The topological polar surface area (TPSA) is 127 Å². The van der Waals surface area contributed by atoms with E-state index in [9.17, 15) is 8.42 Å². The summed E-state index contributed by atoms with van der Waals surface area (Å²) < 4.78 is 27.2. The number of hydrogen-bond acceptors (Lipinski definition) is 6. The lowest BCUT2D eigenvalue weighted by molar-refractivity contribution is 0.559. The molecule has 9 heteroatoms. The van der Waals surface area contributed by atoms with Crippen LogP contribution in [0.25, 0.3) is 0 Å². The Morgan fingerprint density at radius 1 is 1.45 bits per heavy atom. The van der Waals surface area contributed by atoms with Crippen LogP contribution in [0.4, 0.5) is 0 Å². The van der Waals surface area contributed by atoms with Gasteiger partial charge in [0.15, 0.2) is 5.82 Å². The molecule has 1 unspecified atom stereocenters. The van der Waals surface area contributed by atoms with Crippen LogP contribution in [0, 0.1) is 6.92 Å². The molecule has 1 atom stereocenters. The molecule has 2 aromatic rings. The number of H-pyrrole nitrogens is 1. The number of hydrogen-bond donors (Lipinski definition) is 3. The molecule has 1 heterocycles. The van der Waals surface area contributed by atoms with Crippen LogP contribution in [-0.2, 0) is 16.6 Å². The normalized spacial score (nSPS) is 13.3. The largest absolute Gasteiger partial charge is 0.326 e. The van der Waals surface area contributed by atoms with Crippen molar-refractivity contribution in [1.29, 1.82) is 0 Å². The van der Waals surface area contributed by atoms with Gasteiger partial charge in [0.1, 0.15) is 0 Å². The van der Waals surface area contributed by atoms with Gasteiger partial charge in [-0.05, 0) is 31.0 Å². The van der Waals surface area contributed by atoms with Crippen LogP contribution in [0.3, 0.4) is 0 Å². The molecule has 0 radical (unpaired) electrons. The number of benzene rings is 1. The number of rotatable bonds is 5. The Bertz CT molecular complexity index is 683. The highest BCUT2D eigenvalue weighted by Crippen LogP contribution is 2.18. The van der Waals surface area contributed by atoms with E-state index in [1.165, 1.54) is 0 Å². The Kier molecular flexibility index (Phi) is 4.12. The van der Waals surface area contributed by atoms with Crippen LogP contribution in [-0.4, -0.2) is 29.0 Å². The molecule has 20 heavy (non-hydrogen) atoms. The molecule has 0 amide bonds. The van der Waals surface area contributed by atoms with Gasteiger partial charge in [-0.2, -0.15) is 5.21 Å². The summed E-state index contributed by atoms with van der Waals surface area (Å²) in [5.74, 6) is 0.282. The zero-order valence-corrected chi connectivity index (χ0v) is 12.0. The van der Waals surface area contributed by atoms with Crippen molar-refractivity contribution in [3.63, 3.8) is 0 Å². The summed E-state index contributed by atoms with van der Waals surface area (Å²) in [6, 6.07) is 4.42. The second kappa shape index (κ2) is 5.65. The molecule has 4 N–H and O–H groups in total. The standard InChI is InChI=1S/C11H16N6O2S/c1-7-5-9(6-12)3-4-10(7)20(18,19)15-8(2)11-13-16-17-14-11/h3-5,8,15H,6,12H2,1-2H3,(H,13,14,16,17). The first kappa shape index (κ1) is 14.6. The van der Waals surface area contributed by atoms with Gasteiger partial charge >= 0.3 is 0 Å². The van der Waals surface area contributed by atoms with Crippen molar-refractivity contribution in [2.24, 2.45) is 5.73 Å². The monoisotopic (exact) mass is 296 g/mol. The lowest BCUT2D eigenvalue weighted by Gasteiger charge is -2.13. The van der Waals surface area contributed by atoms with Crippen LogP contribution in [0.5, 0.6) is 0 Å². The summed E-state index contributed by atoms with van der Waals surface area (Å²) in [6.45, 7) is 3.74. The summed E-state index contributed by atoms with van der Waals surface area (Å²) in [7, 11) is -3.65. The fourth-order valence-corrected chi connectivity index (χ4v) is 3.27. The lowest BCUT2D eigenvalue weighted by atomic mass is 10.1. The highest BCUT2D eigenvalue weighted by Gasteiger charge is 2.22. The number of aromatic amines is 1. The van der Waals surface area contributed by atoms with Crippen LogP contribution >= 0.6 is 0 Å². The van der Waals surface area contributed by atoms with E-state index in [1.807, 2.05) is 0 Å². The predicted octanol–water partition coefficient (Wildman–Crippen LogP) is 0.00632. The maximum absolute atomic E-state index is 12.3. The van der Waals surface area contributed by atoms with E-state index in [-0.39, 0.29) is 10.7 Å². The Labute approximate surface area is 116 Å². The fraction of sp³-hybridized carbons (Fsp3) is 0.364. The first-order valence-electron chi connectivity index (χ1n) is 5.99. The number of nitrogens with zero attached hydrogens (tertiary/aromatic N) is 3. The number of nitrogens with one attached hydrogen (secondary N) is 2. The summed E-state index contributed by atoms with van der Waals surface area (Å²) >= 11 is 0. The Hall–Kier alpha value is -1.84. The summed E-state index contributed by atoms with van der Waals surface area (Å²) in [6.07, 6.45) is 0. The molecule has 0 bridgehead atoms. The average molecular weight is 296 g/mol. The Morgan fingerprint density at radius 3 is 2.75 bits per heavy atom. The van der Waals surface area contributed by atoms with Gasteiger partial charge in [-0.1, -0.05) is 17.3 Å². The second-order valence-electron chi connectivity index (χ2n) is 4.42. The van der Waals surface area contributed by atoms with Gasteiger partial charge in [0.25, 0.3) is 0 Å². The van der Waals surface area contributed by atoms with Crippen molar-refractivity contribution in [1.82, 2.24) is 25.3 Å². The van der Waals surface area contributed by atoms with Crippen molar-refractivity contribution < 1.29 is 8.42 Å². The van der Waals surface area contributed by atoms with E-state index in [0.717, 1.165) is 5.56 Å². The van der Waals surface area contributed by atoms with Gasteiger partial charge in [0.2, 0.25) is 10.0 Å². The van der Waals surface area contributed by atoms with E-state index in [4.69, 9.17) is 5.73 Å². The Morgan fingerprint density at radius 2 is 2.20 bits per heavy atom. The zero-order chi connectivity index (χ0) is 14.8. The van der Waals surface area contributed by atoms with E-state index in [1.54, 1.807) is 32.0 Å². The molecule has 2 rings (SSSR count). The maximum atomic E-state index is 12.3. The summed E-state index contributed by atoms with van der Waals surface area (Å²) in [4.78, 5) is 0.213. The molecule has 0 saturated carbocycles. The number of tetrazole rings is 1. The minimum absolute atomic E-state index is 0.213. The van der Waals surface area contributed by atoms with Crippen molar-refractivity contribution in [2.45, 2.75) is 31.3 Å². The number of aryl methyl sites for hydroxylation is 1. The summed E-state index contributed by atoms with van der Waals surface area (Å²) in [5, 5.41) is 13.2. The number of aromatic nitrogens is 4. The molecule has 0 saturated heterocycles. The predicted molar refractivity (Wildman–Crippen MR) is 72.0 cm³/mol. The molecule has 8 nitrogen and oxygen atoms in total. The third kappa shape index (κ3) is 3.00. The summed E-state index contributed by atoms with van der Waals surface area (Å²) in [5.41, 5.74) is 7.05. The minimum Gasteiger partial charge on any atom is -0.326 e. The van der Waals surface area contributed by atoms with Gasteiger partial charge in [-0.3, -0.25) is 0 Å². The molecular formula is C11H16N6O2S. The lowest BCUT2D eigenvalue weighted by Crippen LogP contribution is -2.28. The van der Waals surface area contributed by atoms with Gasteiger partial charge < -0.3 is 5.73 Å². The highest BCUT2D eigenvalue weighted by molar-refractivity contribution is 7.89. The first-order chi connectivity index (χ1) is 9.44. The fourth-order valence-electron chi connectivity index (χ4n) is 1.84. The van der Waals surface area contributed by atoms with Gasteiger partial charge in [0, 0.05) is 6.54 Å².